The Morgan fingerprint density at radius 1 is 1.35 bits per heavy atom. The minimum absolute atomic E-state index is 0.127. The van der Waals surface area contributed by atoms with Crippen molar-refractivity contribution < 1.29 is 9.21 Å². The molecule has 1 N–H and O–H groups in total. The molecule has 9 heteroatoms. The quantitative estimate of drug-likeness (QED) is 0.526. The Balaban J connectivity index is 1.52. The molecule has 0 aliphatic heterocycles. The van der Waals surface area contributed by atoms with E-state index in [1.54, 1.807) is 6.20 Å². The summed E-state index contributed by atoms with van der Waals surface area (Å²) >= 11 is 2.72. The van der Waals surface area contributed by atoms with E-state index in [0.29, 0.717) is 21.9 Å². The first-order valence-electron chi connectivity index (χ1n) is 7.87. The number of para-hydroxylation sites is 1. The lowest BCUT2D eigenvalue weighted by Crippen LogP contribution is -2.22. The van der Waals surface area contributed by atoms with Gasteiger partial charge in [0.1, 0.15) is 5.58 Å². The third-order valence-corrected chi connectivity index (χ3v) is 5.62. The topological polar surface area (TPSA) is 85.8 Å². The normalized spacial score (nSPS) is 12.4. The number of benzene rings is 1. The van der Waals surface area contributed by atoms with Gasteiger partial charge in [0, 0.05) is 24.0 Å². The Hall–Kier alpha value is -2.65. The number of hydrogen-bond donors (Lipinski definition) is 1. The second kappa shape index (κ2) is 6.93. The van der Waals surface area contributed by atoms with Crippen molar-refractivity contribution >= 4 is 45.1 Å². The molecule has 0 saturated heterocycles. The van der Waals surface area contributed by atoms with Gasteiger partial charge < -0.3 is 14.3 Å². The van der Waals surface area contributed by atoms with E-state index in [1.807, 2.05) is 54.3 Å². The smallest absolute Gasteiger partial charge is 0.239 e. The minimum atomic E-state index is -0.342. The molecule has 0 radical (unpaired) electrons. The molecule has 1 atom stereocenters. The summed E-state index contributed by atoms with van der Waals surface area (Å²) in [6.45, 7) is 1.82. The van der Waals surface area contributed by atoms with E-state index in [4.69, 9.17) is 4.42 Å². The summed E-state index contributed by atoms with van der Waals surface area (Å²) in [5, 5.41) is 14.9. The molecule has 3 heterocycles. The number of carbonyl (C=O) groups is 1. The van der Waals surface area contributed by atoms with E-state index in [2.05, 4.69) is 20.5 Å². The van der Waals surface area contributed by atoms with Crippen LogP contribution >= 0.6 is 23.1 Å². The molecule has 4 rings (SSSR count). The largest absolute Gasteiger partial charge is 0.453 e. The molecule has 132 valence electrons. The van der Waals surface area contributed by atoms with Gasteiger partial charge in [0.15, 0.2) is 21.9 Å². The van der Waals surface area contributed by atoms with Gasteiger partial charge in [-0.1, -0.05) is 30.0 Å². The van der Waals surface area contributed by atoms with Crippen molar-refractivity contribution in [3.8, 4) is 11.6 Å². The molecular weight excluding hydrogens is 370 g/mol. The molecule has 0 aliphatic carbocycles. The summed E-state index contributed by atoms with van der Waals surface area (Å²) in [5.74, 6) is 1.14. The van der Waals surface area contributed by atoms with E-state index in [9.17, 15) is 4.79 Å². The van der Waals surface area contributed by atoms with Gasteiger partial charge in [-0.15, -0.1) is 21.5 Å². The van der Waals surface area contributed by atoms with Gasteiger partial charge in [-0.25, -0.2) is 4.98 Å². The lowest BCUT2D eigenvalue weighted by molar-refractivity contribution is -0.115. The Morgan fingerprint density at radius 3 is 2.96 bits per heavy atom. The van der Waals surface area contributed by atoms with Gasteiger partial charge in [-0.05, 0) is 19.1 Å². The van der Waals surface area contributed by atoms with E-state index >= 15 is 0 Å². The van der Waals surface area contributed by atoms with Crippen LogP contribution in [0.1, 0.15) is 6.92 Å². The van der Waals surface area contributed by atoms with Crippen LogP contribution in [0.3, 0.4) is 0 Å². The van der Waals surface area contributed by atoms with Crippen LogP contribution in [0.2, 0.25) is 0 Å². The Labute approximate surface area is 157 Å². The van der Waals surface area contributed by atoms with E-state index in [1.165, 1.54) is 23.1 Å². The van der Waals surface area contributed by atoms with E-state index in [0.717, 1.165) is 11.0 Å². The highest BCUT2D eigenvalue weighted by Gasteiger charge is 2.21. The number of anilines is 1. The van der Waals surface area contributed by atoms with Gasteiger partial charge >= 0.3 is 0 Å². The number of amides is 1. The summed E-state index contributed by atoms with van der Waals surface area (Å²) in [5.41, 5.74) is 0.802. The van der Waals surface area contributed by atoms with Gasteiger partial charge in [0.25, 0.3) is 0 Å². The van der Waals surface area contributed by atoms with Crippen LogP contribution in [0.4, 0.5) is 5.13 Å². The number of nitrogens with zero attached hydrogens (tertiary/aromatic N) is 4. The zero-order valence-electron chi connectivity index (χ0n) is 14.0. The summed E-state index contributed by atoms with van der Waals surface area (Å²) in [4.78, 5) is 16.3. The third-order valence-electron chi connectivity index (χ3n) is 3.79. The molecule has 7 nitrogen and oxygen atoms in total. The molecule has 0 spiro atoms. The standard InChI is InChI=1S/C17H15N5O2S2/c1-10(15(23)19-16-18-7-8-25-16)26-17-21-20-14(22(17)2)13-9-11-5-3-4-6-12(11)24-13/h3-10H,1-2H3,(H,18,19,23). The van der Waals surface area contributed by atoms with Crippen LogP contribution in [-0.2, 0) is 11.8 Å². The highest BCUT2D eigenvalue weighted by molar-refractivity contribution is 8.00. The van der Waals surface area contributed by atoms with E-state index in [-0.39, 0.29) is 11.2 Å². The molecule has 1 aromatic carbocycles. The second-order valence-corrected chi connectivity index (χ2v) is 7.80. The molecule has 4 aromatic rings. The number of rotatable bonds is 5. The average Bonchev–Trinajstić information content (AvgIpc) is 3.35. The zero-order valence-corrected chi connectivity index (χ0v) is 15.7. The van der Waals surface area contributed by atoms with Gasteiger partial charge in [-0.3, -0.25) is 4.79 Å². The van der Waals surface area contributed by atoms with Crippen molar-refractivity contribution in [1.29, 1.82) is 0 Å². The first-order chi connectivity index (χ1) is 12.6. The maximum Gasteiger partial charge on any atom is 0.239 e. The molecule has 3 aromatic heterocycles. The number of hydrogen-bond acceptors (Lipinski definition) is 7. The highest BCUT2D eigenvalue weighted by atomic mass is 32.2. The van der Waals surface area contributed by atoms with Crippen LogP contribution in [0.5, 0.6) is 0 Å². The fourth-order valence-electron chi connectivity index (χ4n) is 2.43. The van der Waals surface area contributed by atoms with Gasteiger partial charge in [0.05, 0.1) is 5.25 Å². The Bertz CT molecular complexity index is 1020. The molecule has 1 amide bonds. The van der Waals surface area contributed by atoms with Crippen molar-refractivity contribution in [2.75, 3.05) is 5.32 Å². The summed E-state index contributed by atoms with van der Waals surface area (Å²) in [6.07, 6.45) is 1.65. The van der Waals surface area contributed by atoms with E-state index < -0.39 is 0 Å². The van der Waals surface area contributed by atoms with Crippen molar-refractivity contribution in [1.82, 2.24) is 19.7 Å². The summed E-state index contributed by atoms with van der Waals surface area (Å²) in [6, 6.07) is 9.72. The number of nitrogens with one attached hydrogen (secondary N) is 1. The number of furan rings is 1. The number of thiazole rings is 1. The van der Waals surface area contributed by atoms with Crippen molar-refractivity contribution in [3.05, 3.63) is 41.9 Å². The first-order valence-corrected chi connectivity index (χ1v) is 9.63. The monoisotopic (exact) mass is 385 g/mol. The molecule has 1 unspecified atom stereocenters. The molecule has 26 heavy (non-hydrogen) atoms. The number of thioether (sulfide) groups is 1. The average molecular weight is 385 g/mol. The summed E-state index contributed by atoms with van der Waals surface area (Å²) < 4.78 is 7.68. The molecule has 0 saturated carbocycles. The molecule has 0 bridgehead atoms. The van der Waals surface area contributed by atoms with Crippen LogP contribution in [0.15, 0.2) is 51.5 Å². The maximum absolute atomic E-state index is 12.3. The molecular formula is C17H15N5O2S2. The molecule has 0 fully saturated rings. The Morgan fingerprint density at radius 2 is 2.19 bits per heavy atom. The number of fused-ring (bicyclic) bond motifs is 1. The highest BCUT2D eigenvalue weighted by Crippen LogP contribution is 2.30. The van der Waals surface area contributed by atoms with Crippen LogP contribution in [0, 0.1) is 0 Å². The van der Waals surface area contributed by atoms with Crippen LogP contribution in [-0.4, -0.2) is 30.9 Å². The number of carbonyl (C=O) groups excluding carboxylic acids is 1. The van der Waals surface area contributed by atoms with Crippen molar-refractivity contribution in [3.63, 3.8) is 0 Å². The summed E-state index contributed by atoms with van der Waals surface area (Å²) in [7, 11) is 1.86. The maximum atomic E-state index is 12.3. The lowest BCUT2D eigenvalue weighted by atomic mass is 10.2. The SMILES string of the molecule is CC(Sc1nnc(-c2cc3ccccc3o2)n1C)C(=O)Nc1nccs1. The Kier molecular flexibility index (Phi) is 4.48. The van der Waals surface area contributed by atoms with Gasteiger partial charge in [0.2, 0.25) is 5.91 Å². The zero-order chi connectivity index (χ0) is 18.1. The predicted octanol–water partition coefficient (Wildman–Crippen LogP) is 3.80. The molecule has 0 aliphatic rings. The lowest BCUT2D eigenvalue weighted by Gasteiger charge is -2.09. The third kappa shape index (κ3) is 3.23. The second-order valence-electron chi connectivity index (χ2n) is 5.60. The van der Waals surface area contributed by atoms with Crippen molar-refractivity contribution in [2.24, 2.45) is 7.05 Å². The van der Waals surface area contributed by atoms with Crippen molar-refractivity contribution in [2.45, 2.75) is 17.3 Å². The van der Waals surface area contributed by atoms with Crippen LogP contribution in [0.25, 0.3) is 22.6 Å². The van der Waals surface area contributed by atoms with Crippen LogP contribution < -0.4 is 5.32 Å². The number of aromatic nitrogens is 4. The fraction of sp³-hybridized carbons (Fsp3) is 0.176. The predicted molar refractivity (Wildman–Crippen MR) is 102 cm³/mol. The fourth-order valence-corrected chi connectivity index (χ4v) is 3.77. The first kappa shape index (κ1) is 16.8. The minimum Gasteiger partial charge on any atom is -0.453 e. The van der Waals surface area contributed by atoms with Gasteiger partial charge in [-0.2, -0.15) is 0 Å².